The Balaban J connectivity index is 1.60. The summed E-state index contributed by atoms with van der Waals surface area (Å²) in [6.45, 7) is 1.61. The van der Waals surface area contributed by atoms with E-state index in [0.29, 0.717) is 19.4 Å². The smallest absolute Gasteiger partial charge is 0.427 e. The first-order valence-corrected chi connectivity index (χ1v) is 9.27. The molecule has 0 unspecified atom stereocenters. The lowest BCUT2D eigenvalue weighted by Crippen LogP contribution is -2.33. The highest BCUT2D eigenvalue weighted by molar-refractivity contribution is 5.92. The zero-order valence-corrected chi connectivity index (χ0v) is 16.3. The highest BCUT2D eigenvalue weighted by Crippen LogP contribution is 2.32. The number of pyridine rings is 1. The van der Waals surface area contributed by atoms with Crippen molar-refractivity contribution < 1.29 is 35.6 Å². The van der Waals surface area contributed by atoms with Gasteiger partial charge in [0.25, 0.3) is 5.91 Å². The summed E-state index contributed by atoms with van der Waals surface area (Å²) >= 11 is 0. The maximum Gasteiger partial charge on any atom is 0.468 e. The number of halogens is 6. The number of amides is 1. The van der Waals surface area contributed by atoms with Crippen LogP contribution >= 0.6 is 0 Å². The Hall–Kier alpha value is -3.45. The highest BCUT2D eigenvalue weighted by atomic mass is 19.4. The average molecular weight is 460 g/mol. The number of oxazole rings is 1. The quantitative estimate of drug-likeness (QED) is 0.595. The highest BCUT2D eigenvalue weighted by Gasteiger charge is 2.39. The third-order valence-corrected chi connectivity index (χ3v) is 4.73. The molecular formula is C18H14F6N6O2. The molecule has 1 amide bonds. The zero-order valence-electron chi connectivity index (χ0n) is 16.3. The van der Waals surface area contributed by atoms with Crippen LogP contribution in [-0.2, 0) is 18.9 Å². The molecule has 0 fully saturated rings. The van der Waals surface area contributed by atoms with E-state index in [0.717, 1.165) is 12.3 Å². The predicted octanol–water partition coefficient (Wildman–Crippen LogP) is 3.94. The summed E-state index contributed by atoms with van der Waals surface area (Å²) in [5.41, 5.74) is -1.25. The van der Waals surface area contributed by atoms with E-state index in [2.05, 4.69) is 29.8 Å². The number of hydrogen-bond acceptors (Lipinski definition) is 6. The van der Waals surface area contributed by atoms with E-state index in [4.69, 9.17) is 0 Å². The van der Waals surface area contributed by atoms with Crippen molar-refractivity contribution in [3.8, 4) is 11.4 Å². The third kappa shape index (κ3) is 4.16. The van der Waals surface area contributed by atoms with E-state index in [1.54, 1.807) is 0 Å². The standard InChI is InChI=1S/C18H14F6N6O2/c1-8-12(32-16(26-8)18(22,23)24)15(31)27-10-3-2-6-30-14(10)28-13(29-30)9-4-5-25-11(7-9)17(19,20)21/h4-5,7,10H,2-3,6H2,1H3,(H,27,31)/t10-/m0/s1. The molecule has 1 aliphatic heterocycles. The Morgan fingerprint density at radius 1 is 1.19 bits per heavy atom. The van der Waals surface area contributed by atoms with Crippen LogP contribution in [0.3, 0.4) is 0 Å². The molecule has 4 rings (SSSR count). The van der Waals surface area contributed by atoms with Crippen LogP contribution in [-0.4, -0.2) is 30.6 Å². The van der Waals surface area contributed by atoms with E-state index in [1.165, 1.54) is 17.7 Å². The monoisotopic (exact) mass is 460 g/mol. The Bertz CT molecular complexity index is 1170. The number of carbonyl (C=O) groups excluding carboxylic acids is 1. The molecule has 1 aliphatic rings. The Kier molecular flexibility index (Phi) is 5.17. The number of aromatic nitrogens is 5. The van der Waals surface area contributed by atoms with E-state index in [9.17, 15) is 31.1 Å². The number of fused-ring (bicyclic) bond motifs is 1. The lowest BCUT2D eigenvalue weighted by molar-refractivity contribution is -0.157. The molecule has 0 aliphatic carbocycles. The van der Waals surface area contributed by atoms with E-state index in [1.807, 2.05) is 0 Å². The second-order valence-electron chi connectivity index (χ2n) is 7.04. The molecule has 3 aromatic rings. The van der Waals surface area contributed by atoms with Crippen LogP contribution in [0.1, 0.15) is 52.5 Å². The maximum absolute atomic E-state index is 12.9. The van der Waals surface area contributed by atoms with Gasteiger partial charge in [-0.25, -0.2) is 14.6 Å². The van der Waals surface area contributed by atoms with Crippen molar-refractivity contribution in [3.63, 3.8) is 0 Å². The molecule has 32 heavy (non-hydrogen) atoms. The van der Waals surface area contributed by atoms with E-state index < -0.39 is 41.6 Å². The minimum absolute atomic E-state index is 0.00394. The molecule has 0 radical (unpaired) electrons. The molecular weight excluding hydrogens is 446 g/mol. The molecule has 1 N–H and O–H groups in total. The molecule has 0 spiro atoms. The summed E-state index contributed by atoms with van der Waals surface area (Å²) in [6.07, 6.45) is -7.55. The molecule has 8 nitrogen and oxygen atoms in total. The van der Waals surface area contributed by atoms with Gasteiger partial charge in [-0.3, -0.25) is 9.78 Å². The summed E-state index contributed by atoms with van der Waals surface area (Å²) in [7, 11) is 0. The summed E-state index contributed by atoms with van der Waals surface area (Å²) in [4.78, 5) is 23.3. The second-order valence-corrected chi connectivity index (χ2v) is 7.04. The Morgan fingerprint density at radius 3 is 2.59 bits per heavy atom. The second kappa shape index (κ2) is 7.60. The van der Waals surface area contributed by atoms with Crippen molar-refractivity contribution >= 4 is 5.91 Å². The molecule has 0 saturated carbocycles. The average Bonchev–Trinajstić information content (AvgIpc) is 3.32. The lowest BCUT2D eigenvalue weighted by Gasteiger charge is -2.22. The van der Waals surface area contributed by atoms with Gasteiger partial charge in [-0.05, 0) is 31.9 Å². The van der Waals surface area contributed by atoms with Gasteiger partial charge in [0.1, 0.15) is 11.5 Å². The first kappa shape index (κ1) is 21.8. The number of alkyl halides is 6. The van der Waals surface area contributed by atoms with Crippen molar-refractivity contribution in [1.29, 1.82) is 0 Å². The lowest BCUT2D eigenvalue weighted by atomic mass is 10.1. The molecule has 3 aromatic heterocycles. The van der Waals surface area contributed by atoms with Crippen LogP contribution in [0.15, 0.2) is 22.7 Å². The largest absolute Gasteiger partial charge is 0.468 e. The number of nitrogens with one attached hydrogen (secondary N) is 1. The first-order chi connectivity index (χ1) is 14.9. The van der Waals surface area contributed by atoms with Crippen LogP contribution in [0.5, 0.6) is 0 Å². The van der Waals surface area contributed by atoms with E-state index in [-0.39, 0.29) is 22.9 Å². The van der Waals surface area contributed by atoms with Gasteiger partial charge in [0.15, 0.2) is 5.82 Å². The van der Waals surface area contributed by atoms with Gasteiger partial charge >= 0.3 is 18.2 Å². The maximum atomic E-state index is 12.9. The van der Waals surface area contributed by atoms with Gasteiger partial charge in [-0.2, -0.15) is 31.4 Å². The topological polar surface area (TPSA) is 98.7 Å². The minimum atomic E-state index is -4.84. The van der Waals surface area contributed by atoms with Crippen LogP contribution in [0, 0.1) is 6.92 Å². The third-order valence-electron chi connectivity index (χ3n) is 4.73. The summed E-state index contributed by atoms with van der Waals surface area (Å²) in [5.74, 6) is -2.77. The van der Waals surface area contributed by atoms with Gasteiger partial charge in [0.2, 0.25) is 5.76 Å². The van der Waals surface area contributed by atoms with Crippen molar-refractivity contribution in [2.45, 2.75) is 44.7 Å². The molecule has 4 heterocycles. The molecule has 1 atom stereocenters. The van der Waals surface area contributed by atoms with Crippen molar-refractivity contribution in [2.24, 2.45) is 0 Å². The van der Waals surface area contributed by atoms with Crippen LogP contribution in [0.4, 0.5) is 26.3 Å². The van der Waals surface area contributed by atoms with E-state index >= 15 is 0 Å². The fourth-order valence-corrected chi connectivity index (χ4v) is 3.29. The van der Waals surface area contributed by atoms with Crippen molar-refractivity contribution in [3.05, 3.63) is 47.2 Å². The van der Waals surface area contributed by atoms with Gasteiger partial charge < -0.3 is 9.73 Å². The molecule has 0 bridgehead atoms. The fourth-order valence-electron chi connectivity index (χ4n) is 3.29. The minimum Gasteiger partial charge on any atom is -0.427 e. The molecule has 0 saturated heterocycles. The van der Waals surface area contributed by atoms with Crippen LogP contribution in [0.25, 0.3) is 11.4 Å². The SMILES string of the molecule is Cc1nc(C(F)(F)F)oc1C(=O)N[C@H]1CCCn2nc(-c3ccnc(C(F)(F)F)c3)nc21. The Labute approximate surface area is 175 Å². The predicted molar refractivity (Wildman–Crippen MR) is 93.9 cm³/mol. The van der Waals surface area contributed by atoms with Crippen LogP contribution < -0.4 is 5.32 Å². The van der Waals surface area contributed by atoms with Gasteiger partial charge in [-0.1, -0.05) is 0 Å². The number of hydrogen-bond donors (Lipinski definition) is 1. The normalized spacial score (nSPS) is 16.7. The first-order valence-electron chi connectivity index (χ1n) is 9.27. The molecule has 170 valence electrons. The number of carbonyl (C=O) groups is 1. The summed E-state index contributed by atoms with van der Waals surface area (Å²) in [6, 6.07) is 1.40. The number of aryl methyl sites for hydroxylation is 2. The number of nitrogens with zero attached hydrogens (tertiary/aromatic N) is 5. The summed E-state index contributed by atoms with van der Waals surface area (Å²) < 4.78 is 83.2. The zero-order chi connectivity index (χ0) is 23.3. The molecule has 14 heteroatoms. The molecule has 0 aromatic carbocycles. The van der Waals surface area contributed by atoms with Gasteiger partial charge in [0, 0.05) is 18.3 Å². The van der Waals surface area contributed by atoms with Gasteiger partial charge in [0.05, 0.1) is 11.7 Å². The van der Waals surface area contributed by atoms with Gasteiger partial charge in [-0.15, -0.1) is 0 Å². The van der Waals surface area contributed by atoms with Crippen molar-refractivity contribution in [1.82, 2.24) is 30.0 Å². The Morgan fingerprint density at radius 2 is 1.94 bits per heavy atom. The number of rotatable bonds is 3. The summed E-state index contributed by atoms with van der Waals surface area (Å²) in [5, 5.41) is 6.74. The fraction of sp³-hybridized carbons (Fsp3) is 0.389. The van der Waals surface area contributed by atoms with Crippen LogP contribution in [0.2, 0.25) is 0 Å². The van der Waals surface area contributed by atoms with Crippen molar-refractivity contribution in [2.75, 3.05) is 0 Å².